The van der Waals surface area contributed by atoms with Crippen LogP contribution in [-0.4, -0.2) is 135 Å². The number of methoxy groups -OCH3 is 1. The molecule has 12 N–H and O–H groups in total. The van der Waals surface area contributed by atoms with Crippen LogP contribution in [0.1, 0.15) is 45.2 Å². The number of esters is 1. The average Bonchev–Trinajstić information content (AvgIpc) is 3.19. The molecule has 7 unspecified atom stereocenters. The first-order valence-corrected chi connectivity index (χ1v) is 17.6. The van der Waals surface area contributed by atoms with Gasteiger partial charge in [0.25, 0.3) is 0 Å². The number of rotatable bonds is 14. The van der Waals surface area contributed by atoms with Crippen molar-refractivity contribution in [3.63, 3.8) is 0 Å². The maximum Gasteiger partial charge on any atom is 0.344 e. The van der Waals surface area contributed by atoms with E-state index in [-0.39, 0.29) is 59.8 Å². The number of phenols is 2. The van der Waals surface area contributed by atoms with Crippen LogP contribution < -0.4 is 35.3 Å². The minimum Gasteiger partial charge on any atom is -0.504 e. The highest BCUT2D eigenvalue weighted by atomic mass is 16.7. The van der Waals surface area contributed by atoms with E-state index in [1.165, 1.54) is 14.2 Å². The van der Waals surface area contributed by atoms with Gasteiger partial charge in [0.15, 0.2) is 41.3 Å². The lowest BCUT2D eigenvalue weighted by molar-refractivity contribution is -0.357. The highest BCUT2D eigenvalue weighted by Crippen LogP contribution is 2.51. The molecule has 0 saturated carbocycles. The van der Waals surface area contributed by atoms with Gasteiger partial charge < -0.3 is 85.6 Å². The number of fused-ring (bicyclic) bond motifs is 1. The van der Waals surface area contributed by atoms with Gasteiger partial charge in [0.2, 0.25) is 24.1 Å². The molecule has 3 aromatic rings. The number of aromatic hydroxyl groups is 2. The van der Waals surface area contributed by atoms with Gasteiger partial charge >= 0.3 is 11.9 Å². The molecule has 2 aliphatic rings. The van der Waals surface area contributed by atoms with Gasteiger partial charge in [-0.15, -0.1) is 0 Å². The zero-order chi connectivity index (χ0) is 41.6. The molecule has 5 rings (SSSR count). The summed E-state index contributed by atoms with van der Waals surface area (Å²) in [5, 5.41) is 92.5. The molecule has 0 bridgehead atoms. The lowest BCUT2D eigenvalue weighted by atomic mass is 9.80. The molecular weight excluding hydrogens is 756 g/mol. The Hall–Kier alpha value is -5.77. The number of hydrogen-bond donors (Lipinski definition) is 11. The van der Waals surface area contributed by atoms with Gasteiger partial charge in [-0.2, -0.15) is 0 Å². The Morgan fingerprint density at radius 2 is 1.77 bits per heavy atom. The zero-order valence-corrected chi connectivity index (χ0v) is 31.1. The summed E-state index contributed by atoms with van der Waals surface area (Å²) >= 11 is 0. The summed E-state index contributed by atoms with van der Waals surface area (Å²) in [5.41, 5.74) is 3.06. The number of aliphatic hydroxyl groups is 5. The molecule has 2 aliphatic heterocycles. The molecule has 0 aliphatic carbocycles. The van der Waals surface area contributed by atoms with Crippen molar-refractivity contribution in [3.05, 3.63) is 64.7 Å². The zero-order valence-electron chi connectivity index (χ0n) is 31.1. The quantitative estimate of drug-likeness (QED) is 0.0434. The number of ether oxygens (including phenoxy) is 6. The van der Waals surface area contributed by atoms with E-state index in [4.69, 9.17) is 34.2 Å². The molecule has 2 heterocycles. The molecular formula is C37H46N4O16. The standard InChI is InChI=1S/C37H46N4O16/c1-17(15-42)41-21-14-23(22(13-20(21)32(48)49)54-16-40-36(38)39-2)55-34-27(45)26(44)31(47)37(57-34)11-9-19-24(33(50)56-35(37)51)25(43)30(28(46)29(19)52-3)53-12-10-18-7-5-4-6-8-18/h4-8,13-14,17,26-27,31,34-35,41-47,51H,9-12,15-16H2,1-3H3,(H,48,49)(H3,38,39,40). The number of guanidine groups is 1. The first-order valence-electron chi connectivity index (χ1n) is 17.6. The van der Waals surface area contributed by atoms with E-state index >= 15 is 0 Å². The third-order valence-electron chi connectivity index (χ3n) is 9.49. The Labute approximate surface area is 325 Å². The van der Waals surface area contributed by atoms with Gasteiger partial charge in [-0.3, -0.25) is 4.99 Å². The summed E-state index contributed by atoms with van der Waals surface area (Å²) in [6, 6.07) is 10.7. The predicted molar refractivity (Wildman–Crippen MR) is 198 cm³/mol. The summed E-state index contributed by atoms with van der Waals surface area (Å²) < 4.78 is 34.1. The SMILES string of the molecule is CN=C(N)NCOc1cc(C(=O)O)c(NC(C)CO)cc1OC1OC2(CCc3c(OC)c(O)c(OCCc4ccccc4)c(O)c3C(=O)OC2O)C(O)C(O)C1O. The largest absolute Gasteiger partial charge is 0.504 e. The number of nitrogens with two attached hydrogens (primary N) is 1. The maximum atomic E-state index is 13.7. The van der Waals surface area contributed by atoms with E-state index in [0.717, 1.165) is 17.7 Å². The average molecular weight is 803 g/mol. The highest BCUT2D eigenvalue weighted by Gasteiger charge is 2.60. The fourth-order valence-corrected chi connectivity index (χ4v) is 6.42. The number of aliphatic hydroxyl groups excluding tert-OH is 5. The van der Waals surface area contributed by atoms with E-state index in [1.807, 2.05) is 30.3 Å². The third-order valence-corrected chi connectivity index (χ3v) is 9.49. The number of aliphatic imine (C=N–C) groups is 1. The van der Waals surface area contributed by atoms with Gasteiger partial charge in [0.1, 0.15) is 23.9 Å². The van der Waals surface area contributed by atoms with Crippen LogP contribution in [0.2, 0.25) is 0 Å². The second-order valence-electron chi connectivity index (χ2n) is 13.2. The van der Waals surface area contributed by atoms with Crippen LogP contribution in [-0.2, 0) is 22.3 Å². The van der Waals surface area contributed by atoms with Crippen molar-refractivity contribution in [2.75, 3.05) is 39.4 Å². The van der Waals surface area contributed by atoms with Gasteiger partial charge in [-0.25, -0.2) is 9.59 Å². The molecule has 7 atom stereocenters. The van der Waals surface area contributed by atoms with E-state index in [1.54, 1.807) is 6.92 Å². The first-order chi connectivity index (χ1) is 27.2. The van der Waals surface area contributed by atoms with E-state index in [2.05, 4.69) is 15.6 Å². The van der Waals surface area contributed by atoms with Crippen LogP contribution in [0.5, 0.6) is 34.5 Å². The van der Waals surface area contributed by atoms with E-state index in [0.29, 0.717) is 6.42 Å². The summed E-state index contributed by atoms with van der Waals surface area (Å²) in [4.78, 5) is 29.7. The molecule has 0 radical (unpaired) electrons. The number of carboxylic acid groups (broad SMARTS) is 1. The van der Waals surface area contributed by atoms with Crippen molar-refractivity contribution in [2.24, 2.45) is 10.7 Å². The Balaban J connectivity index is 1.50. The number of nitrogens with zero attached hydrogens (tertiary/aromatic N) is 1. The smallest absolute Gasteiger partial charge is 0.344 e. The Morgan fingerprint density at radius 1 is 1.05 bits per heavy atom. The second kappa shape index (κ2) is 18.0. The van der Waals surface area contributed by atoms with Gasteiger partial charge in [0.05, 0.1) is 31.6 Å². The number of carbonyl (C=O) groups excluding carboxylic acids is 1. The van der Waals surface area contributed by atoms with Gasteiger partial charge in [-0.1, -0.05) is 30.3 Å². The molecule has 1 fully saturated rings. The number of nitrogens with one attached hydrogen (secondary N) is 2. The summed E-state index contributed by atoms with van der Waals surface area (Å²) in [7, 11) is 2.59. The topological polar surface area (TPSA) is 314 Å². The van der Waals surface area contributed by atoms with Crippen molar-refractivity contribution in [2.45, 2.75) is 68.7 Å². The summed E-state index contributed by atoms with van der Waals surface area (Å²) in [6.07, 6.45) is -11.3. The molecule has 0 aromatic heterocycles. The third kappa shape index (κ3) is 8.80. The van der Waals surface area contributed by atoms with Crippen molar-refractivity contribution in [1.82, 2.24) is 5.32 Å². The van der Waals surface area contributed by atoms with Crippen LogP contribution in [0.25, 0.3) is 0 Å². The molecule has 1 spiro atoms. The number of cyclic esters (lactones) is 1. The Bertz CT molecular complexity index is 1950. The molecule has 3 aromatic carbocycles. The number of carbonyl (C=O) groups is 2. The number of hydrogen-bond acceptors (Lipinski definition) is 17. The van der Waals surface area contributed by atoms with Crippen LogP contribution in [0.4, 0.5) is 5.69 Å². The number of aromatic carboxylic acids is 1. The van der Waals surface area contributed by atoms with Gasteiger partial charge in [-0.05, 0) is 25.3 Å². The van der Waals surface area contributed by atoms with E-state index in [9.17, 15) is 50.4 Å². The van der Waals surface area contributed by atoms with E-state index < -0.39 is 90.3 Å². The molecule has 20 heteroatoms. The van der Waals surface area contributed by atoms with Crippen molar-refractivity contribution in [1.29, 1.82) is 0 Å². The second-order valence-corrected chi connectivity index (χ2v) is 13.2. The number of benzene rings is 3. The maximum absolute atomic E-state index is 13.7. The summed E-state index contributed by atoms with van der Waals surface area (Å²) in [6.45, 7) is 0.767. The van der Waals surface area contributed by atoms with Gasteiger partial charge in [0, 0.05) is 37.2 Å². The van der Waals surface area contributed by atoms with Crippen LogP contribution >= 0.6 is 0 Å². The number of carboxylic acids is 1. The monoisotopic (exact) mass is 802 g/mol. The van der Waals surface area contributed by atoms with Crippen molar-refractivity contribution < 1.29 is 78.9 Å². The van der Waals surface area contributed by atoms with Crippen molar-refractivity contribution in [3.8, 4) is 34.5 Å². The molecule has 0 amide bonds. The molecule has 20 nitrogen and oxygen atoms in total. The van der Waals surface area contributed by atoms with Crippen LogP contribution in [0, 0.1) is 0 Å². The van der Waals surface area contributed by atoms with Crippen LogP contribution in [0.15, 0.2) is 47.5 Å². The lowest BCUT2D eigenvalue weighted by Crippen LogP contribution is -2.70. The molecule has 310 valence electrons. The fourth-order valence-electron chi connectivity index (χ4n) is 6.42. The first kappa shape index (κ1) is 42.4. The minimum absolute atomic E-state index is 0.0309. The fraction of sp³-hybridized carbons (Fsp3) is 0.432. The predicted octanol–water partition coefficient (Wildman–Crippen LogP) is -0.233. The highest BCUT2D eigenvalue weighted by molar-refractivity contribution is 5.97. The molecule has 1 saturated heterocycles. The van der Waals surface area contributed by atoms with Crippen molar-refractivity contribution >= 4 is 23.6 Å². The van der Waals surface area contributed by atoms with Crippen LogP contribution in [0.3, 0.4) is 0 Å². The lowest BCUT2D eigenvalue weighted by Gasteiger charge is -2.50. The summed E-state index contributed by atoms with van der Waals surface area (Å²) in [5.74, 6) is -5.62. The Kier molecular flexibility index (Phi) is 13.4. The number of anilines is 1. The Morgan fingerprint density at radius 3 is 2.42 bits per heavy atom. The number of phenolic OH excluding ortho intramolecular Hbond substituents is 2. The normalized spacial score (nSPS) is 24.0. The minimum atomic E-state index is -2.46. The molecule has 57 heavy (non-hydrogen) atoms.